The first-order valence-corrected chi connectivity index (χ1v) is 5.25. The Morgan fingerprint density at radius 3 is 2.41 bits per heavy atom. The molecule has 0 aliphatic heterocycles. The van der Waals surface area contributed by atoms with Gasteiger partial charge in [0, 0.05) is 6.54 Å². The molecule has 1 amide bonds. The third-order valence-corrected chi connectivity index (χ3v) is 2.09. The average molecular weight is 237 g/mol. The average Bonchev–Trinajstić information content (AvgIpc) is 2.36. The summed E-state index contributed by atoms with van der Waals surface area (Å²) in [5.74, 6) is -0.380. The molecule has 0 aliphatic rings. The van der Waals surface area contributed by atoms with E-state index < -0.39 is 6.09 Å². The molecule has 0 saturated carbocycles. The standard InChI is InChI=1S/C12H15NO4/c1-3-17-12(15)13-8-9-4-6-10(7-5-9)11(14)16-2/h4-7H,3,8H2,1-2H3,(H,13,15). The number of methoxy groups -OCH3 is 1. The van der Waals surface area contributed by atoms with E-state index >= 15 is 0 Å². The molecule has 92 valence electrons. The topological polar surface area (TPSA) is 64.6 Å². The van der Waals surface area contributed by atoms with Crippen LogP contribution in [0.15, 0.2) is 24.3 Å². The van der Waals surface area contributed by atoms with Crippen LogP contribution in [-0.4, -0.2) is 25.8 Å². The molecule has 0 bridgehead atoms. The fourth-order valence-electron chi connectivity index (χ4n) is 1.23. The maximum atomic E-state index is 11.2. The van der Waals surface area contributed by atoms with E-state index in [1.807, 2.05) is 0 Å². The van der Waals surface area contributed by atoms with E-state index in [2.05, 4.69) is 10.1 Å². The number of ether oxygens (including phenoxy) is 2. The minimum Gasteiger partial charge on any atom is -0.465 e. The first kappa shape index (κ1) is 13.0. The first-order valence-electron chi connectivity index (χ1n) is 5.25. The fraction of sp³-hybridized carbons (Fsp3) is 0.333. The van der Waals surface area contributed by atoms with Gasteiger partial charge in [-0.15, -0.1) is 0 Å². The second-order valence-corrected chi connectivity index (χ2v) is 3.26. The van der Waals surface area contributed by atoms with Gasteiger partial charge in [-0.1, -0.05) is 12.1 Å². The van der Waals surface area contributed by atoms with Crippen molar-refractivity contribution in [2.24, 2.45) is 0 Å². The SMILES string of the molecule is CCOC(=O)NCc1ccc(C(=O)OC)cc1. The predicted molar refractivity (Wildman–Crippen MR) is 61.6 cm³/mol. The third kappa shape index (κ3) is 4.14. The van der Waals surface area contributed by atoms with Gasteiger partial charge < -0.3 is 14.8 Å². The quantitative estimate of drug-likeness (QED) is 0.810. The largest absolute Gasteiger partial charge is 0.465 e. The van der Waals surface area contributed by atoms with Gasteiger partial charge in [0.05, 0.1) is 19.3 Å². The molecule has 1 N–H and O–H groups in total. The summed E-state index contributed by atoms with van der Waals surface area (Å²) in [5, 5.41) is 2.59. The zero-order chi connectivity index (χ0) is 12.7. The number of amides is 1. The van der Waals surface area contributed by atoms with Crippen LogP contribution < -0.4 is 5.32 Å². The molecule has 0 aliphatic carbocycles. The normalized spacial score (nSPS) is 9.53. The number of carbonyl (C=O) groups is 2. The zero-order valence-electron chi connectivity index (χ0n) is 9.86. The van der Waals surface area contributed by atoms with Crippen molar-refractivity contribution in [2.75, 3.05) is 13.7 Å². The van der Waals surface area contributed by atoms with E-state index in [1.165, 1.54) is 7.11 Å². The number of carbonyl (C=O) groups excluding carboxylic acids is 2. The van der Waals surface area contributed by atoms with Crippen molar-refractivity contribution in [2.45, 2.75) is 13.5 Å². The maximum absolute atomic E-state index is 11.2. The molecule has 0 atom stereocenters. The Balaban J connectivity index is 2.51. The third-order valence-electron chi connectivity index (χ3n) is 2.09. The van der Waals surface area contributed by atoms with E-state index in [0.717, 1.165) is 5.56 Å². The van der Waals surface area contributed by atoms with E-state index in [1.54, 1.807) is 31.2 Å². The zero-order valence-corrected chi connectivity index (χ0v) is 9.86. The lowest BCUT2D eigenvalue weighted by atomic mass is 10.1. The second kappa shape index (κ2) is 6.52. The Morgan fingerprint density at radius 2 is 1.88 bits per heavy atom. The molecular formula is C12H15NO4. The molecule has 0 aromatic heterocycles. The summed E-state index contributed by atoms with van der Waals surface area (Å²) in [7, 11) is 1.33. The molecule has 5 nitrogen and oxygen atoms in total. The van der Waals surface area contributed by atoms with Crippen LogP contribution in [0.1, 0.15) is 22.8 Å². The Morgan fingerprint density at radius 1 is 1.24 bits per heavy atom. The smallest absolute Gasteiger partial charge is 0.407 e. The number of nitrogens with one attached hydrogen (secondary N) is 1. The number of esters is 1. The molecule has 1 rings (SSSR count). The number of rotatable bonds is 4. The van der Waals surface area contributed by atoms with Crippen LogP contribution in [0.25, 0.3) is 0 Å². The van der Waals surface area contributed by atoms with Crippen molar-refractivity contribution in [3.8, 4) is 0 Å². The highest BCUT2D eigenvalue weighted by Gasteiger charge is 2.05. The maximum Gasteiger partial charge on any atom is 0.407 e. The van der Waals surface area contributed by atoms with E-state index in [-0.39, 0.29) is 5.97 Å². The van der Waals surface area contributed by atoms with Gasteiger partial charge in [-0.2, -0.15) is 0 Å². The van der Waals surface area contributed by atoms with Gasteiger partial charge in [-0.3, -0.25) is 0 Å². The van der Waals surface area contributed by atoms with E-state index in [0.29, 0.717) is 18.7 Å². The van der Waals surface area contributed by atoms with Gasteiger partial charge in [0.1, 0.15) is 0 Å². The first-order chi connectivity index (χ1) is 8.17. The molecule has 0 heterocycles. The molecule has 0 spiro atoms. The van der Waals surface area contributed by atoms with Crippen LogP contribution in [0, 0.1) is 0 Å². The fourth-order valence-corrected chi connectivity index (χ4v) is 1.23. The Labute approximate surface area is 99.7 Å². The van der Waals surface area contributed by atoms with Crippen molar-refractivity contribution in [1.29, 1.82) is 0 Å². The lowest BCUT2D eigenvalue weighted by Crippen LogP contribution is -2.23. The Kier molecular flexibility index (Phi) is 5.00. The second-order valence-electron chi connectivity index (χ2n) is 3.26. The van der Waals surface area contributed by atoms with Crippen LogP contribution in [0.4, 0.5) is 4.79 Å². The van der Waals surface area contributed by atoms with Gasteiger partial charge in [-0.05, 0) is 24.6 Å². The highest BCUT2D eigenvalue weighted by molar-refractivity contribution is 5.89. The van der Waals surface area contributed by atoms with Crippen LogP contribution in [0.3, 0.4) is 0 Å². The van der Waals surface area contributed by atoms with Crippen LogP contribution in [0.2, 0.25) is 0 Å². The van der Waals surface area contributed by atoms with Gasteiger partial charge in [0.2, 0.25) is 0 Å². The summed E-state index contributed by atoms with van der Waals surface area (Å²) in [5.41, 5.74) is 1.36. The molecule has 5 heteroatoms. The number of benzene rings is 1. The van der Waals surface area contributed by atoms with Gasteiger partial charge in [0.15, 0.2) is 0 Å². The lowest BCUT2D eigenvalue weighted by Gasteiger charge is -2.05. The molecule has 1 aromatic carbocycles. The Hall–Kier alpha value is -2.04. The summed E-state index contributed by atoms with van der Waals surface area (Å²) >= 11 is 0. The van der Waals surface area contributed by atoms with Crippen molar-refractivity contribution < 1.29 is 19.1 Å². The number of alkyl carbamates (subject to hydrolysis) is 1. The highest BCUT2D eigenvalue weighted by atomic mass is 16.5. The summed E-state index contributed by atoms with van der Waals surface area (Å²) in [6.07, 6.45) is -0.454. The summed E-state index contributed by atoms with van der Waals surface area (Å²) in [4.78, 5) is 22.2. The molecular weight excluding hydrogens is 222 g/mol. The van der Waals surface area contributed by atoms with Gasteiger partial charge in [-0.25, -0.2) is 9.59 Å². The van der Waals surface area contributed by atoms with E-state index in [4.69, 9.17) is 4.74 Å². The van der Waals surface area contributed by atoms with Crippen LogP contribution >= 0.6 is 0 Å². The molecule has 1 aromatic rings. The van der Waals surface area contributed by atoms with Crippen molar-refractivity contribution in [3.63, 3.8) is 0 Å². The molecule has 0 saturated heterocycles. The van der Waals surface area contributed by atoms with Gasteiger partial charge in [0.25, 0.3) is 0 Å². The summed E-state index contributed by atoms with van der Waals surface area (Å²) < 4.78 is 9.30. The number of hydrogen-bond acceptors (Lipinski definition) is 4. The van der Waals surface area contributed by atoms with Crippen molar-refractivity contribution in [1.82, 2.24) is 5.32 Å². The highest BCUT2D eigenvalue weighted by Crippen LogP contribution is 2.05. The van der Waals surface area contributed by atoms with Crippen LogP contribution in [-0.2, 0) is 16.0 Å². The Bertz CT molecular complexity index is 386. The van der Waals surface area contributed by atoms with Crippen molar-refractivity contribution in [3.05, 3.63) is 35.4 Å². The van der Waals surface area contributed by atoms with E-state index in [9.17, 15) is 9.59 Å². The summed E-state index contributed by atoms with van der Waals surface area (Å²) in [6, 6.07) is 6.79. The minimum atomic E-state index is -0.454. The molecule has 0 radical (unpaired) electrons. The summed E-state index contributed by atoms with van der Waals surface area (Å²) in [6.45, 7) is 2.44. The number of hydrogen-bond donors (Lipinski definition) is 1. The van der Waals surface area contributed by atoms with Crippen molar-refractivity contribution >= 4 is 12.1 Å². The lowest BCUT2D eigenvalue weighted by molar-refractivity contribution is 0.0600. The van der Waals surface area contributed by atoms with Crippen LogP contribution in [0.5, 0.6) is 0 Å². The monoisotopic (exact) mass is 237 g/mol. The molecule has 17 heavy (non-hydrogen) atoms. The van der Waals surface area contributed by atoms with Gasteiger partial charge >= 0.3 is 12.1 Å². The molecule has 0 unspecified atom stereocenters. The minimum absolute atomic E-state index is 0.340. The predicted octanol–water partition coefficient (Wildman–Crippen LogP) is 1.72. The molecule has 0 fully saturated rings.